The van der Waals surface area contributed by atoms with Gasteiger partial charge in [-0.3, -0.25) is 4.21 Å². The van der Waals surface area contributed by atoms with Crippen LogP contribution < -0.4 is 5.73 Å². The van der Waals surface area contributed by atoms with Crippen molar-refractivity contribution in [1.29, 1.82) is 0 Å². The topological polar surface area (TPSA) is 91.0 Å². The number of rotatable bonds is 6. The Bertz CT molecular complexity index is 955. The number of hydrogen-bond donors (Lipinski definition) is 1. The summed E-state index contributed by atoms with van der Waals surface area (Å²) in [6, 6.07) is 4.02. The predicted molar refractivity (Wildman–Crippen MR) is 105 cm³/mol. The summed E-state index contributed by atoms with van der Waals surface area (Å²) in [5, 5.41) is 8.78. The van der Waals surface area contributed by atoms with E-state index in [9.17, 15) is 4.21 Å². The van der Waals surface area contributed by atoms with Crippen LogP contribution in [0.3, 0.4) is 0 Å². The van der Waals surface area contributed by atoms with E-state index in [1.807, 2.05) is 6.07 Å². The number of methoxy groups -OCH3 is 1. The molecule has 1 fully saturated rings. The van der Waals surface area contributed by atoms with Crippen molar-refractivity contribution < 1.29 is 8.95 Å². The first-order valence-electron chi connectivity index (χ1n) is 8.56. The van der Waals surface area contributed by atoms with Gasteiger partial charge in [0.05, 0.1) is 46.9 Å². The van der Waals surface area contributed by atoms with Gasteiger partial charge < -0.3 is 10.5 Å². The van der Waals surface area contributed by atoms with Gasteiger partial charge in [-0.2, -0.15) is 10.2 Å². The first-order chi connectivity index (χ1) is 12.7. The molecule has 6 nitrogen and oxygen atoms in total. The molecule has 0 saturated heterocycles. The fourth-order valence-electron chi connectivity index (χ4n) is 3.18. The molecule has 0 amide bonds. The second-order valence-electron chi connectivity index (χ2n) is 6.38. The van der Waals surface area contributed by atoms with E-state index >= 15 is 0 Å². The van der Waals surface area contributed by atoms with E-state index in [1.54, 1.807) is 19.5 Å². The van der Waals surface area contributed by atoms with E-state index in [0.717, 1.165) is 34.3 Å². The molecule has 136 valence electrons. The molecule has 0 spiro atoms. The number of anilines is 1. The van der Waals surface area contributed by atoms with Gasteiger partial charge >= 0.3 is 0 Å². The minimum Gasteiger partial charge on any atom is -0.396 e. The van der Waals surface area contributed by atoms with Gasteiger partial charge in [0.2, 0.25) is 0 Å². The van der Waals surface area contributed by atoms with Crippen molar-refractivity contribution in [3.05, 3.63) is 30.1 Å². The van der Waals surface area contributed by atoms with Crippen LogP contribution in [0.2, 0.25) is 0 Å². The maximum absolute atomic E-state index is 12.6. The van der Waals surface area contributed by atoms with E-state index in [-0.39, 0.29) is 0 Å². The van der Waals surface area contributed by atoms with E-state index in [1.165, 1.54) is 23.3 Å². The van der Waals surface area contributed by atoms with Crippen LogP contribution in [-0.4, -0.2) is 38.9 Å². The van der Waals surface area contributed by atoms with Gasteiger partial charge in [-0.25, -0.2) is 4.98 Å². The Hall–Kier alpha value is -1.90. The number of fused-ring (bicyclic) bond motifs is 1. The number of ether oxygens (including phenoxy) is 1. The molecule has 2 N–H and O–H groups in total. The van der Waals surface area contributed by atoms with Crippen LogP contribution >= 0.6 is 11.3 Å². The summed E-state index contributed by atoms with van der Waals surface area (Å²) < 4.78 is 18.4. The number of pyridine rings is 1. The molecular formula is C18H20N4O2S2. The Balaban J connectivity index is 1.86. The number of nitrogen functional groups attached to an aromatic ring is 1. The van der Waals surface area contributed by atoms with Crippen molar-refractivity contribution in [2.24, 2.45) is 0 Å². The highest BCUT2D eigenvalue weighted by atomic mass is 32.2. The van der Waals surface area contributed by atoms with E-state index < -0.39 is 10.8 Å². The van der Waals surface area contributed by atoms with Gasteiger partial charge in [0.15, 0.2) is 0 Å². The molecule has 26 heavy (non-hydrogen) atoms. The largest absolute Gasteiger partial charge is 0.396 e. The van der Waals surface area contributed by atoms with E-state index in [2.05, 4.69) is 16.3 Å². The Labute approximate surface area is 158 Å². The molecule has 1 atom stereocenters. The zero-order chi connectivity index (χ0) is 18.1. The van der Waals surface area contributed by atoms with Gasteiger partial charge in [-0.15, -0.1) is 11.3 Å². The standard InChI is InChI=1S/C18H20N4O2S2/c1-24-7-8-26(23)18-16(19)15-13(11-3-2-4-11)9-14(22-17(15)25-18)12-5-6-20-21-10-12/h5-6,9-11H,2-4,7-8,19H2,1H3. The summed E-state index contributed by atoms with van der Waals surface area (Å²) in [5.41, 5.74) is 10.1. The molecule has 0 radical (unpaired) electrons. The second-order valence-corrected chi connectivity index (χ2v) is 9.15. The highest BCUT2D eigenvalue weighted by Crippen LogP contribution is 2.46. The maximum Gasteiger partial charge on any atom is 0.127 e. The van der Waals surface area contributed by atoms with E-state index in [0.29, 0.717) is 28.2 Å². The van der Waals surface area contributed by atoms with Crippen LogP contribution in [0.4, 0.5) is 5.69 Å². The van der Waals surface area contributed by atoms with Crippen molar-refractivity contribution in [3.8, 4) is 11.3 Å². The molecule has 3 aromatic heterocycles. The lowest BCUT2D eigenvalue weighted by molar-refractivity contribution is 0.218. The molecule has 0 aliphatic heterocycles. The van der Waals surface area contributed by atoms with Gasteiger partial charge in [0.25, 0.3) is 0 Å². The van der Waals surface area contributed by atoms with Gasteiger partial charge in [-0.1, -0.05) is 6.42 Å². The molecular weight excluding hydrogens is 368 g/mol. The number of aromatic nitrogens is 3. The summed E-state index contributed by atoms with van der Waals surface area (Å²) in [5.74, 6) is 0.930. The molecule has 1 aliphatic carbocycles. The highest BCUT2D eigenvalue weighted by molar-refractivity contribution is 7.87. The minimum atomic E-state index is -1.18. The lowest BCUT2D eigenvalue weighted by Crippen LogP contribution is -2.10. The molecule has 0 aromatic carbocycles. The Morgan fingerprint density at radius 3 is 2.88 bits per heavy atom. The van der Waals surface area contributed by atoms with Crippen molar-refractivity contribution >= 4 is 38.0 Å². The monoisotopic (exact) mass is 388 g/mol. The quantitative estimate of drug-likeness (QED) is 0.696. The smallest absolute Gasteiger partial charge is 0.127 e. The number of thiophene rings is 1. The molecule has 1 saturated carbocycles. The first-order valence-corrected chi connectivity index (χ1v) is 10.7. The Morgan fingerprint density at radius 2 is 2.23 bits per heavy atom. The first kappa shape index (κ1) is 17.5. The Morgan fingerprint density at radius 1 is 1.38 bits per heavy atom. The van der Waals surface area contributed by atoms with Crippen molar-refractivity contribution in [1.82, 2.24) is 15.2 Å². The van der Waals surface area contributed by atoms with Crippen molar-refractivity contribution in [2.75, 3.05) is 25.2 Å². The average Bonchev–Trinajstić information content (AvgIpc) is 2.96. The average molecular weight is 389 g/mol. The van der Waals surface area contributed by atoms with Crippen LogP contribution in [0.25, 0.3) is 21.5 Å². The van der Waals surface area contributed by atoms with E-state index in [4.69, 9.17) is 15.5 Å². The number of hydrogen-bond acceptors (Lipinski definition) is 7. The second kappa shape index (κ2) is 7.38. The van der Waals surface area contributed by atoms with Gasteiger partial charge in [-0.05, 0) is 36.5 Å². The maximum atomic E-state index is 12.6. The zero-order valence-electron chi connectivity index (χ0n) is 14.5. The van der Waals surface area contributed by atoms with Crippen LogP contribution in [0, 0.1) is 0 Å². The summed E-state index contributed by atoms with van der Waals surface area (Å²) >= 11 is 1.43. The van der Waals surface area contributed by atoms with Crippen molar-refractivity contribution in [3.63, 3.8) is 0 Å². The molecule has 3 heterocycles. The number of nitrogens with two attached hydrogens (primary N) is 1. The SMILES string of the molecule is COCCS(=O)c1sc2nc(-c3ccnnc3)cc(C3CCC3)c2c1N. The third kappa shape index (κ3) is 3.13. The summed E-state index contributed by atoms with van der Waals surface area (Å²) in [4.78, 5) is 5.64. The lowest BCUT2D eigenvalue weighted by Gasteiger charge is -2.27. The fraction of sp³-hybridized carbons (Fsp3) is 0.389. The highest BCUT2D eigenvalue weighted by Gasteiger charge is 2.27. The predicted octanol–water partition coefficient (Wildman–Crippen LogP) is 3.36. The molecule has 8 heteroatoms. The molecule has 1 aliphatic rings. The third-order valence-corrected chi connectivity index (χ3v) is 7.67. The van der Waals surface area contributed by atoms with Gasteiger partial charge in [0, 0.05) is 18.1 Å². The Kier molecular flexibility index (Phi) is 4.97. The molecule has 1 unspecified atom stereocenters. The normalized spacial score (nSPS) is 15.9. The minimum absolute atomic E-state index is 0.438. The number of nitrogens with zero attached hydrogens (tertiary/aromatic N) is 3. The fourth-order valence-corrected chi connectivity index (χ4v) is 5.75. The van der Waals surface area contributed by atoms with Crippen LogP contribution in [0.15, 0.2) is 28.7 Å². The molecule has 4 rings (SSSR count). The summed E-state index contributed by atoms with van der Waals surface area (Å²) in [6.07, 6.45) is 6.93. The summed E-state index contributed by atoms with van der Waals surface area (Å²) in [7, 11) is 0.430. The van der Waals surface area contributed by atoms with Crippen LogP contribution in [-0.2, 0) is 15.5 Å². The lowest BCUT2D eigenvalue weighted by atomic mass is 9.79. The molecule has 0 bridgehead atoms. The van der Waals surface area contributed by atoms with Gasteiger partial charge in [0.1, 0.15) is 9.04 Å². The zero-order valence-corrected chi connectivity index (χ0v) is 16.1. The van der Waals surface area contributed by atoms with Crippen LogP contribution in [0.5, 0.6) is 0 Å². The van der Waals surface area contributed by atoms with Crippen molar-refractivity contribution in [2.45, 2.75) is 29.4 Å². The molecule has 3 aromatic rings. The third-order valence-electron chi connectivity index (χ3n) is 4.80. The summed E-state index contributed by atoms with van der Waals surface area (Å²) in [6.45, 7) is 0.442. The van der Waals surface area contributed by atoms with Crippen LogP contribution in [0.1, 0.15) is 30.7 Å².